The maximum atomic E-state index is 14.3. The molecule has 4 nitrogen and oxygen atoms in total. The van der Waals surface area contributed by atoms with E-state index in [2.05, 4.69) is 5.32 Å². The van der Waals surface area contributed by atoms with Gasteiger partial charge in [-0.1, -0.05) is 41.9 Å². The molecule has 4 rings (SSSR count). The minimum atomic E-state index is -0.440. The van der Waals surface area contributed by atoms with Crippen molar-refractivity contribution >= 4 is 45.8 Å². The molecule has 4 aromatic rings. The first-order chi connectivity index (χ1) is 15.1. The highest BCUT2D eigenvalue weighted by Crippen LogP contribution is 2.27. The molecule has 1 N–H and O–H groups in total. The Bertz CT molecular complexity index is 1300. The zero-order valence-electron chi connectivity index (χ0n) is 16.3. The summed E-state index contributed by atoms with van der Waals surface area (Å²) in [5, 5.41) is 15.5. The number of thiophene rings is 1. The Morgan fingerprint density at radius 3 is 2.77 bits per heavy atom. The molecule has 0 aliphatic heterocycles. The van der Waals surface area contributed by atoms with E-state index in [1.54, 1.807) is 24.4 Å². The normalized spacial score (nSPS) is 11.5. The molecular formula is C24H17ClFN3OS. The molecule has 0 spiro atoms. The lowest BCUT2D eigenvalue weighted by Gasteiger charge is -2.08. The lowest BCUT2D eigenvalue weighted by molar-refractivity contribution is -0.117. The lowest BCUT2D eigenvalue weighted by atomic mass is 10.1. The first-order valence-corrected chi connectivity index (χ1v) is 10.8. The second kappa shape index (κ2) is 9.17. The molecule has 0 saturated carbocycles. The number of carbonyl (C=O) groups excluding carboxylic acids is 1. The number of para-hydroxylation sites is 1. The van der Waals surface area contributed by atoms with E-state index in [1.807, 2.05) is 52.4 Å². The third-order valence-electron chi connectivity index (χ3n) is 4.88. The fourth-order valence-electron chi connectivity index (χ4n) is 3.35. The maximum absolute atomic E-state index is 14.3. The van der Waals surface area contributed by atoms with E-state index in [1.165, 1.54) is 17.4 Å². The molecule has 0 aliphatic carbocycles. The largest absolute Gasteiger partial charge is 0.347 e. The zero-order chi connectivity index (χ0) is 21.8. The van der Waals surface area contributed by atoms with Crippen molar-refractivity contribution in [3.05, 3.63) is 98.6 Å². The number of rotatable bonds is 6. The lowest BCUT2D eigenvalue weighted by Crippen LogP contribution is -2.23. The molecule has 1 amide bonds. The van der Waals surface area contributed by atoms with Gasteiger partial charge in [-0.05, 0) is 35.7 Å². The molecule has 2 aromatic carbocycles. The monoisotopic (exact) mass is 449 g/mol. The third kappa shape index (κ3) is 4.53. The van der Waals surface area contributed by atoms with Crippen LogP contribution in [0.2, 0.25) is 5.02 Å². The van der Waals surface area contributed by atoms with Crippen LogP contribution in [0.15, 0.2) is 71.7 Å². The Morgan fingerprint density at radius 1 is 1.19 bits per heavy atom. The predicted octanol–water partition coefficient (Wildman–Crippen LogP) is 5.77. The van der Waals surface area contributed by atoms with Crippen molar-refractivity contribution in [3.63, 3.8) is 0 Å². The van der Waals surface area contributed by atoms with E-state index in [0.717, 1.165) is 15.8 Å². The summed E-state index contributed by atoms with van der Waals surface area (Å²) >= 11 is 7.74. The van der Waals surface area contributed by atoms with Gasteiger partial charge in [0.05, 0.1) is 13.1 Å². The molecule has 0 fully saturated rings. The van der Waals surface area contributed by atoms with Crippen LogP contribution in [0, 0.1) is 17.1 Å². The number of halogens is 2. The molecular weight excluding hydrogens is 433 g/mol. The predicted molar refractivity (Wildman–Crippen MR) is 122 cm³/mol. The van der Waals surface area contributed by atoms with E-state index in [4.69, 9.17) is 11.6 Å². The van der Waals surface area contributed by atoms with Gasteiger partial charge in [-0.2, -0.15) is 5.26 Å². The highest BCUT2D eigenvalue weighted by molar-refractivity contribution is 7.09. The van der Waals surface area contributed by atoms with Crippen LogP contribution in [0.1, 0.15) is 16.0 Å². The quantitative estimate of drug-likeness (QED) is 0.300. The van der Waals surface area contributed by atoms with Gasteiger partial charge in [-0.15, -0.1) is 11.3 Å². The summed E-state index contributed by atoms with van der Waals surface area (Å²) in [7, 11) is 0. The Morgan fingerprint density at radius 2 is 2.03 bits per heavy atom. The van der Waals surface area contributed by atoms with Gasteiger partial charge in [0.15, 0.2) is 0 Å². The second-order valence-corrected chi connectivity index (χ2v) is 8.30. The molecule has 0 aliphatic rings. The minimum Gasteiger partial charge on any atom is -0.347 e. The smallest absolute Gasteiger partial charge is 0.262 e. The van der Waals surface area contributed by atoms with Crippen LogP contribution in [0.25, 0.3) is 17.0 Å². The molecule has 0 saturated heterocycles. The zero-order valence-corrected chi connectivity index (χ0v) is 17.9. The Balaban J connectivity index is 1.67. The number of benzene rings is 2. The summed E-state index contributed by atoms with van der Waals surface area (Å²) in [6.45, 7) is 0.593. The van der Waals surface area contributed by atoms with E-state index in [-0.39, 0.29) is 17.9 Å². The van der Waals surface area contributed by atoms with Gasteiger partial charge in [0, 0.05) is 38.1 Å². The van der Waals surface area contributed by atoms with Gasteiger partial charge in [0.1, 0.15) is 17.5 Å². The topological polar surface area (TPSA) is 57.8 Å². The standard InChI is InChI=1S/C24H17ClFN3OS/c25-21-7-3-8-22(26)20(21)15-29-14-17(19-6-1-2-9-23(19)29)11-16(12-27)24(30)28-13-18-5-4-10-31-18/h1-11,14H,13,15H2,(H,28,30)/b16-11+. The van der Waals surface area contributed by atoms with Crippen molar-refractivity contribution in [1.29, 1.82) is 5.26 Å². The minimum absolute atomic E-state index is 0.00313. The average Bonchev–Trinajstić information content (AvgIpc) is 3.41. The van der Waals surface area contributed by atoms with Crippen molar-refractivity contribution < 1.29 is 9.18 Å². The van der Waals surface area contributed by atoms with Crippen LogP contribution >= 0.6 is 22.9 Å². The van der Waals surface area contributed by atoms with Crippen LogP contribution in [0.3, 0.4) is 0 Å². The van der Waals surface area contributed by atoms with Crippen LogP contribution in [-0.2, 0) is 17.9 Å². The number of hydrogen-bond donors (Lipinski definition) is 1. The molecule has 7 heteroatoms. The Kier molecular flexibility index (Phi) is 6.17. The van der Waals surface area contributed by atoms with Gasteiger partial charge in [0.25, 0.3) is 5.91 Å². The number of carbonyl (C=O) groups is 1. The van der Waals surface area contributed by atoms with Gasteiger partial charge in [-0.25, -0.2) is 4.39 Å². The summed E-state index contributed by atoms with van der Waals surface area (Å²) in [5.41, 5.74) is 1.94. The van der Waals surface area contributed by atoms with Gasteiger partial charge < -0.3 is 9.88 Å². The SMILES string of the molecule is N#C/C(=C\c1cn(Cc2c(F)cccc2Cl)c2ccccc12)C(=O)NCc1cccs1. The Labute approximate surface area is 187 Å². The number of nitrogens with zero attached hydrogens (tertiary/aromatic N) is 2. The summed E-state index contributed by atoms with van der Waals surface area (Å²) in [4.78, 5) is 13.5. The highest BCUT2D eigenvalue weighted by atomic mass is 35.5. The van der Waals surface area contributed by atoms with Gasteiger partial charge in [0.2, 0.25) is 0 Å². The van der Waals surface area contributed by atoms with E-state index >= 15 is 0 Å². The number of nitriles is 1. The number of fused-ring (bicyclic) bond motifs is 1. The van der Waals surface area contributed by atoms with Gasteiger partial charge >= 0.3 is 0 Å². The summed E-state index contributed by atoms with van der Waals surface area (Å²) in [5.74, 6) is -0.821. The fourth-order valence-corrected chi connectivity index (χ4v) is 4.22. The number of hydrogen-bond acceptors (Lipinski definition) is 3. The number of nitrogens with one attached hydrogen (secondary N) is 1. The van der Waals surface area contributed by atoms with Crippen molar-refractivity contribution in [3.8, 4) is 6.07 Å². The fraction of sp³-hybridized carbons (Fsp3) is 0.0833. The summed E-state index contributed by atoms with van der Waals surface area (Å²) in [6.07, 6.45) is 3.36. The molecule has 0 unspecified atom stereocenters. The second-order valence-electron chi connectivity index (χ2n) is 6.86. The van der Waals surface area contributed by atoms with E-state index < -0.39 is 5.91 Å². The van der Waals surface area contributed by atoms with Crippen molar-refractivity contribution in [2.75, 3.05) is 0 Å². The molecule has 2 aromatic heterocycles. The first-order valence-electron chi connectivity index (χ1n) is 9.50. The molecule has 0 radical (unpaired) electrons. The molecule has 154 valence electrons. The maximum Gasteiger partial charge on any atom is 0.262 e. The van der Waals surface area contributed by atoms with Crippen LogP contribution < -0.4 is 5.32 Å². The first kappa shape index (κ1) is 20.9. The van der Waals surface area contributed by atoms with Crippen LogP contribution in [0.4, 0.5) is 4.39 Å². The third-order valence-corrected chi connectivity index (χ3v) is 6.11. The van der Waals surface area contributed by atoms with Crippen LogP contribution in [-0.4, -0.2) is 10.5 Å². The van der Waals surface area contributed by atoms with Gasteiger partial charge in [-0.3, -0.25) is 4.79 Å². The number of amides is 1. The number of aromatic nitrogens is 1. The summed E-state index contributed by atoms with van der Waals surface area (Å²) in [6, 6.07) is 18.0. The Hall–Kier alpha value is -3.40. The molecule has 0 atom stereocenters. The van der Waals surface area contributed by atoms with E-state index in [0.29, 0.717) is 22.7 Å². The molecule has 2 heterocycles. The van der Waals surface area contributed by atoms with Crippen molar-refractivity contribution in [2.24, 2.45) is 0 Å². The molecule has 0 bridgehead atoms. The van der Waals surface area contributed by atoms with Crippen LogP contribution in [0.5, 0.6) is 0 Å². The van der Waals surface area contributed by atoms with E-state index in [9.17, 15) is 14.4 Å². The summed E-state index contributed by atoms with van der Waals surface area (Å²) < 4.78 is 16.2. The van der Waals surface area contributed by atoms with Crippen molar-refractivity contribution in [1.82, 2.24) is 9.88 Å². The average molecular weight is 450 g/mol. The highest BCUT2D eigenvalue weighted by Gasteiger charge is 2.14. The van der Waals surface area contributed by atoms with Crippen molar-refractivity contribution in [2.45, 2.75) is 13.1 Å². The molecule has 31 heavy (non-hydrogen) atoms.